The minimum atomic E-state index is -1.04. The summed E-state index contributed by atoms with van der Waals surface area (Å²) in [5, 5.41) is 8.76. The van der Waals surface area contributed by atoms with Crippen molar-refractivity contribution in [2.24, 2.45) is 0 Å². The number of nitrogens with zero attached hydrogens (tertiary/aromatic N) is 1. The number of ether oxygens (including phenoxy) is 1. The Bertz CT molecular complexity index is 444. The quantitative estimate of drug-likeness (QED) is 0.868. The van der Waals surface area contributed by atoms with Crippen LogP contribution in [0, 0.1) is 0 Å². The Morgan fingerprint density at radius 2 is 1.89 bits per heavy atom. The molecule has 1 aromatic rings. The van der Waals surface area contributed by atoms with Gasteiger partial charge in [0.05, 0.1) is 0 Å². The van der Waals surface area contributed by atoms with Gasteiger partial charge in [-0.2, -0.15) is 0 Å². The fourth-order valence-corrected chi connectivity index (χ4v) is 1.73. The van der Waals surface area contributed by atoms with Gasteiger partial charge in [-0.25, -0.2) is 0 Å². The lowest BCUT2D eigenvalue weighted by Gasteiger charge is -2.24. The molecule has 0 fully saturated rings. The fourth-order valence-electron chi connectivity index (χ4n) is 1.46. The lowest BCUT2D eigenvalue weighted by Crippen LogP contribution is -2.43. The van der Waals surface area contributed by atoms with Gasteiger partial charge < -0.3 is 14.7 Å². The van der Waals surface area contributed by atoms with Crippen molar-refractivity contribution in [3.8, 4) is 5.75 Å². The van der Waals surface area contributed by atoms with Gasteiger partial charge in [-0.1, -0.05) is 15.9 Å². The number of rotatable bonds is 6. The van der Waals surface area contributed by atoms with Gasteiger partial charge in [0.2, 0.25) is 0 Å². The summed E-state index contributed by atoms with van der Waals surface area (Å²) in [5.74, 6) is -0.818. The maximum atomic E-state index is 11.9. The van der Waals surface area contributed by atoms with Crippen molar-refractivity contribution in [3.05, 3.63) is 28.7 Å². The van der Waals surface area contributed by atoms with Crippen LogP contribution in [0.4, 0.5) is 0 Å². The van der Waals surface area contributed by atoms with Crippen LogP contribution in [0.25, 0.3) is 0 Å². The summed E-state index contributed by atoms with van der Waals surface area (Å²) in [5.41, 5.74) is 0. The number of carboxylic acid groups (broad SMARTS) is 1. The van der Waals surface area contributed by atoms with Crippen LogP contribution in [-0.4, -0.2) is 41.1 Å². The molecule has 5 nitrogen and oxygen atoms in total. The standard InChI is InChI=1S/C13H16BrNO4/c1-9(2)15(7-13(17)18)12(16)8-19-11-5-3-10(14)4-6-11/h3-6,9H,7-8H2,1-2H3,(H,17,18). The van der Waals surface area contributed by atoms with Crippen LogP contribution in [0.5, 0.6) is 5.75 Å². The molecule has 0 atom stereocenters. The summed E-state index contributed by atoms with van der Waals surface area (Å²) >= 11 is 3.30. The molecule has 0 aromatic heterocycles. The summed E-state index contributed by atoms with van der Waals surface area (Å²) in [4.78, 5) is 23.8. The van der Waals surface area contributed by atoms with Crippen molar-refractivity contribution in [1.82, 2.24) is 4.90 Å². The van der Waals surface area contributed by atoms with Crippen molar-refractivity contribution in [3.63, 3.8) is 0 Å². The number of halogens is 1. The number of amides is 1. The van der Waals surface area contributed by atoms with E-state index in [0.717, 1.165) is 4.47 Å². The molecule has 0 aliphatic rings. The van der Waals surface area contributed by atoms with Gasteiger partial charge in [0, 0.05) is 10.5 Å². The highest BCUT2D eigenvalue weighted by atomic mass is 79.9. The Kier molecular flexibility index (Phi) is 5.82. The zero-order valence-electron chi connectivity index (χ0n) is 10.8. The van der Waals surface area contributed by atoms with Gasteiger partial charge in [-0.05, 0) is 38.1 Å². The van der Waals surface area contributed by atoms with E-state index < -0.39 is 5.97 Å². The number of hydrogen-bond donors (Lipinski definition) is 1. The Hall–Kier alpha value is -1.56. The van der Waals surface area contributed by atoms with Gasteiger partial charge >= 0.3 is 5.97 Å². The van der Waals surface area contributed by atoms with Gasteiger partial charge in [-0.3, -0.25) is 9.59 Å². The molecule has 0 heterocycles. The van der Waals surface area contributed by atoms with Crippen LogP contribution >= 0.6 is 15.9 Å². The summed E-state index contributed by atoms with van der Waals surface area (Å²) in [6.45, 7) is 3.04. The summed E-state index contributed by atoms with van der Waals surface area (Å²) in [7, 11) is 0. The molecule has 6 heteroatoms. The topological polar surface area (TPSA) is 66.8 Å². The van der Waals surface area contributed by atoms with Crippen LogP contribution in [0.15, 0.2) is 28.7 Å². The van der Waals surface area contributed by atoms with Gasteiger partial charge in [0.1, 0.15) is 12.3 Å². The molecule has 0 radical (unpaired) electrons. The third-order valence-electron chi connectivity index (χ3n) is 2.43. The molecule has 0 saturated carbocycles. The maximum Gasteiger partial charge on any atom is 0.323 e. The Morgan fingerprint density at radius 3 is 2.37 bits per heavy atom. The number of carboxylic acids is 1. The summed E-state index contributed by atoms with van der Waals surface area (Å²) in [6, 6.07) is 6.88. The third-order valence-corrected chi connectivity index (χ3v) is 2.95. The largest absolute Gasteiger partial charge is 0.484 e. The minimum absolute atomic E-state index is 0.174. The van der Waals surface area contributed by atoms with Gasteiger partial charge in [-0.15, -0.1) is 0 Å². The number of aliphatic carboxylic acids is 1. The van der Waals surface area contributed by atoms with E-state index in [9.17, 15) is 9.59 Å². The monoisotopic (exact) mass is 329 g/mol. The zero-order valence-corrected chi connectivity index (χ0v) is 12.4. The van der Waals surface area contributed by atoms with Crippen LogP contribution < -0.4 is 4.74 Å². The van der Waals surface area contributed by atoms with E-state index in [1.807, 2.05) is 0 Å². The van der Waals surface area contributed by atoms with E-state index in [1.54, 1.807) is 38.1 Å². The molecule has 0 aliphatic carbocycles. The predicted molar refractivity (Wildman–Crippen MR) is 74.1 cm³/mol. The zero-order chi connectivity index (χ0) is 14.4. The summed E-state index contributed by atoms with van der Waals surface area (Å²) < 4.78 is 6.25. The average molecular weight is 330 g/mol. The molecule has 1 rings (SSSR count). The van der Waals surface area contributed by atoms with E-state index >= 15 is 0 Å². The van der Waals surface area contributed by atoms with E-state index in [0.29, 0.717) is 5.75 Å². The van der Waals surface area contributed by atoms with Crippen LogP contribution in [0.2, 0.25) is 0 Å². The Morgan fingerprint density at radius 1 is 1.32 bits per heavy atom. The molecule has 19 heavy (non-hydrogen) atoms. The number of carbonyl (C=O) groups is 2. The smallest absolute Gasteiger partial charge is 0.323 e. The molecule has 0 unspecified atom stereocenters. The molecule has 1 aromatic carbocycles. The Labute approximate surface area is 120 Å². The molecule has 1 N–H and O–H groups in total. The second kappa shape index (κ2) is 7.13. The number of carbonyl (C=O) groups excluding carboxylic acids is 1. The fraction of sp³-hybridized carbons (Fsp3) is 0.385. The van der Waals surface area contributed by atoms with E-state index in [4.69, 9.17) is 9.84 Å². The molecule has 104 valence electrons. The van der Waals surface area contributed by atoms with Crippen molar-refractivity contribution in [1.29, 1.82) is 0 Å². The first-order valence-corrected chi connectivity index (χ1v) is 6.59. The molecule has 0 aliphatic heterocycles. The van der Waals surface area contributed by atoms with Crippen LogP contribution in [0.1, 0.15) is 13.8 Å². The first-order valence-electron chi connectivity index (χ1n) is 5.79. The second-order valence-corrected chi connectivity index (χ2v) is 5.17. The predicted octanol–water partition coefficient (Wildman–Crippen LogP) is 2.15. The Balaban J connectivity index is 2.57. The van der Waals surface area contributed by atoms with Gasteiger partial charge in [0.15, 0.2) is 6.61 Å². The van der Waals surface area contributed by atoms with Crippen molar-refractivity contribution in [2.45, 2.75) is 19.9 Å². The average Bonchev–Trinajstić information content (AvgIpc) is 2.34. The highest BCUT2D eigenvalue weighted by Crippen LogP contribution is 2.16. The molecule has 0 spiro atoms. The molecule has 1 amide bonds. The van der Waals surface area contributed by atoms with Gasteiger partial charge in [0.25, 0.3) is 5.91 Å². The number of hydrogen-bond acceptors (Lipinski definition) is 3. The van der Waals surface area contributed by atoms with Crippen molar-refractivity contribution in [2.75, 3.05) is 13.2 Å². The highest BCUT2D eigenvalue weighted by molar-refractivity contribution is 9.10. The maximum absolute atomic E-state index is 11.9. The van der Waals surface area contributed by atoms with E-state index in [-0.39, 0.29) is 25.1 Å². The lowest BCUT2D eigenvalue weighted by molar-refractivity contribution is -0.146. The summed E-state index contributed by atoms with van der Waals surface area (Å²) in [6.07, 6.45) is 0. The molecule has 0 bridgehead atoms. The van der Waals surface area contributed by atoms with E-state index in [2.05, 4.69) is 15.9 Å². The minimum Gasteiger partial charge on any atom is -0.484 e. The third kappa shape index (κ3) is 5.30. The van der Waals surface area contributed by atoms with Crippen molar-refractivity contribution >= 4 is 27.8 Å². The van der Waals surface area contributed by atoms with Crippen LogP contribution in [-0.2, 0) is 9.59 Å². The van der Waals surface area contributed by atoms with Crippen molar-refractivity contribution < 1.29 is 19.4 Å². The first kappa shape index (κ1) is 15.5. The van der Waals surface area contributed by atoms with E-state index in [1.165, 1.54) is 4.90 Å². The molecular formula is C13H16BrNO4. The second-order valence-electron chi connectivity index (χ2n) is 4.25. The van der Waals surface area contributed by atoms with Crippen LogP contribution in [0.3, 0.4) is 0 Å². The SMILES string of the molecule is CC(C)N(CC(=O)O)C(=O)COc1ccc(Br)cc1. The normalized spacial score (nSPS) is 10.3. The highest BCUT2D eigenvalue weighted by Gasteiger charge is 2.20. The lowest BCUT2D eigenvalue weighted by atomic mass is 10.3. The molecule has 0 saturated heterocycles. The first-order chi connectivity index (χ1) is 8.90. The molecular weight excluding hydrogens is 314 g/mol. The number of benzene rings is 1.